The third-order valence-electron chi connectivity index (χ3n) is 5.57. The number of anilines is 1. The molecule has 0 saturated carbocycles. The van der Waals surface area contributed by atoms with E-state index in [0.29, 0.717) is 16.9 Å². The SMILES string of the molecule is Cc1cc(-c2cc3cc(NC(=O)C4NNC(C)C4C)cnc3[nH]2)ccc1C(=O)O. The van der Waals surface area contributed by atoms with E-state index in [1.54, 1.807) is 25.3 Å². The minimum atomic E-state index is -0.941. The molecule has 0 radical (unpaired) electrons. The van der Waals surface area contributed by atoms with Gasteiger partial charge in [0.2, 0.25) is 5.91 Å². The number of nitrogens with one attached hydrogen (secondary N) is 4. The molecule has 1 saturated heterocycles. The molecule has 1 aliphatic rings. The van der Waals surface area contributed by atoms with Crippen LogP contribution in [0.2, 0.25) is 0 Å². The maximum atomic E-state index is 12.6. The topological polar surface area (TPSA) is 119 Å². The summed E-state index contributed by atoms with van der Waals surface area (Å²) in [7, 11) is 0. The van der Waals surface area contributed by atoms with Crippen LogP contribution in [-0.2, 0) is 4.79 Å². The fourth-order valence-electron chi connectivity index (χ4n) is 3.61. The van der Waals surface area contributed by atoms with Crippen molar-refractivity contribution in [3.63, 3.8) is 0 Å². The van der Waals surface area contributed by atoms with E-state index in [0.717, 1.165) is 16.6 Å². The number of H-pyrrole nitrogens is 1. The summed E-state index contributed by atoms with van der Waals surface area (Å²) < 4.78 is 0. The number of nitrogens with zero attached hydrogens (tertiary/aromatic N) is 1. The highest BCUT2D eigenvalue weighted by Crippen LogP contribution is 2.27. The quantitative estimate of drug-likeness (QED) is 0.465. The second-order valence-corrected chi connectivity index (χ2v) is 7.58. The van der Waals surface area contributed by atoms with Gasteiger partial charge in [-0.1, -0.05) is 13.0 Å². The lowest BCUT2D eigenvalue weighted by molar-refractivity contribution is -0.118. The van der Waals surface area contributed by atoms with Gasteiger partial charge in [0.05, 0.1) is 17.4 Å². The molecule has 5 N–H and O–H groups in total. The molecule has 3 atom stereocenters. The average Bonchev–Trinajstić information content (AvgIpc) is 3.24. The first-order valence-corrected chi connectivity index (χ1v) is 9.48. The lowest BCUT2D eigenvalue weighted by Crippen LogP contribution is -2.41. The zero-order chi connectivity index (χ0) is 20.7. The Bertz CT molecular complexity index is 1110. The van der Waals surface area contributed by atoms with E-state index in [4.69, 9.17) is 0 Å². The van der Waals surface area contributed by atoms with E-state index in [1.165, 1.54) is 0 Å². The van der Waals surface area contributed by atoms with Gasteiger partial charge in [-0.2, -0.15) is 0 Å². The number of fused-ring (bicyclic) bond motifs is 1. The summed E-state index contributed by atoms with van der Waals surface area (Å²) in [5.74, 6) is -0.878. The zero-order valence-electron chi connectivity index (χ0n) is 16.4. The number of aryl methyl sites for hydroxylation is 1. The Morgan fingerprint density at radius 3 is 2.59 bits per heavy atom. The largest absolute Gasteiger partial charge is 0.478 e. The van der Waals surface area contributed by atoms with Gasteiger partial charge in [-0.15, -0.1) is 0 Å². The summed E-state index contributed by atoms with van der Waals surface area (Å²) in [4.78, 5) is 31.4. The molecule has 150 valence electrons. The molecule has 8 nitrogen and oxygen atoms in total. The molecular formula is C21H23N5O3. The van der Waals surface area contributed by atoms with Gasteiger partial charge in [0.15, 0.2) is 0 Å². The summed E-state index contributed by atoms with van der Waals surface area (Å²) in [6.07, 6.45) is 1.62. The number of carboxylic acid groups (broad SMARTS) is 1. The van der Waals surface area contributed by atoms with Gasteiger partial charge in [-0.25, -0.2) is 15.2 Å². The second kappa shape index (κ2) is 7.31. The molecule has 1 amide bonds. The number of rotatable bonds is 4. The van der Waals surface area contributed by atoms with Crippen molar-refractivity contribution in [1.29, 1.82) is 0 Å². The number of carboxylic acids is 1. The number of carbonyl (C=O) groups excluding carboxylic acids is 1. The molecule has 3 heterocycles. The Balaban J connectivity index is 1.57. The maximum absolute atomic E-state index is 12.6. The molecule has 3 aromatic rings. The number of aromatic carboxylic acids is 1. The van der Waals surface area contributed by atoms with E-state index in [-0.39, 0.29) is 29.5 Å². The van der Waals surface area contributed by atoms with E-state index >= 15 is 0 Å². The van der Waals surface area contributed by atoms with E-state index < -0.39 is 5.97 Å². The number of pyridine rings is 1. The summed E-state index contributed by atoms with van der Waals surface area (Å²) >= 11 is 0. The van der Waals surface area contributed by atoms with Crippen molar-refractivity contribution in [2.75, 3.05) is 5.32 Å². The molecule has 8 heteroatoms. The van der Waals surface area contributed by atoms with E-state index in [9.17, 15) is 14.7 Å². The Kier molecular flexibility index (Phi) is 4.81. The number of benzene rings is 1. The molecule has 0 spiro atoms. The highest BCUT2D eigenvalue weighted by Gasteiger charge is 2.34. The predicted molar refractivity (Wildman–Crippen MR) is 111 cm³/mol. The molecule has 2 aromatic heterocycles. The van der Waals surface area contributed by atoms with Crippen molar-refractivity contribution in [2.24, 2.45) is 5.92 Å². The van der Waals surface area contributed by atoms with Gasteiger partial charge in [0.1, 0.15) is 11.7 Å². The van der Waals surface area contributed by atoms with Crippen LogP contribution in [0.25, 0.3) is 22.3 Å². The van der Waals surface area contributed by atoms with Crippen molar-refractivity contribution in [2.45, 2.75) is 32.9 Å². The summed E-state index contributed by atoms with van der Waals surface area (Å²) in [5, 5.41) is 13.0. The number of hydrazine groups is 1. The van der Waals surface area contributed by atoms with Gasteiger partial charge in [0, 0.05) is 17.1 Å². The van der Waals surface area contributed by atoms with Crippen molar-refractivity contribution in [3.05, 3.63) is 47.7 Å². The number of hydrogen-bond acceptors (Lipinski definition) is 5. The molecule has 1 fully saturated rings. The lowest BCUT2D eigenvalue weighted by Gasteiger charge is -2.15. The van der Waals surface area contributed by atoms with Gasteiger partial charge >= 0.3 is 5.97 Å². The van der Waals surface area contributed by atoms with Gasteiger partial charge in [-0.3, -0.25) is 10.2 Å². The van der Waals surface area contributed by atoms with Gasteiger partial charge in [0.25, 0.3) is 0 Å². The molecule has 0 bridgehead atoms. The summed E-state index contributed by atoms with van der Waals surface area (Å²) in [6.45, 7) is 5.83. The molecule has 1 aromatic carbocycles. The van der Waals surface area contributed by atoms with E-state index in [2.05, 4.69) is 26.1 Å². The first-order valence-electron chi connectivity index (χ1n) is 9.48. The van der Waals surface area contributed by atoms with Crippen molar-refractivity contribution in [1.82, 2.24) is 20.8 Å². The smallest absolute Gasteiger partial charge is 0.335 e. The molecular weight excluding hydrogens is 370 g/mol. The Morgan fingerprint density at radius 2 is 1.93 bits per heavy atom. The minimum Gasteiger partial charge on any atom is -0.478 e. The first-order chi connectivity index (χ1) is 13.8. The van der Waals surface area contributed by atoms with Gasteiger partial charge in [-0.05, 0) is 55.2 Å². The Labute approximate surface area is 167 Å². The Hall–Kier alpha value is -3.23. The molecule has 0 aliphatic carbocycles. The normalized spacial score (nSPS) is 21.4. The number of aromatic nitrogens is 2. The number of aromatic amines is 1. The lowest BCUT2D eigenvalue weighted by atomic mass is 9.97. The second-order valence-electron chi connectivity index (χ2n) is 7.58. The van der Waals surface area contributed by atoms with Crippen molar-refractivity contribution in [3.8, 4) is 11.3 Å². The highest BCUT2D eigenvalue weighted by molar-refractivity contribution is 5.97. The van der Waals surface area contributed by atoms with Crippen molar-refractivity contribution >= 4 is 28.6 Å². The van der Waals surface area contributed by atoms with Crippen LogP contribution < -0.4 is 16.2 Å². The predicted octanol–water partition coefficient (Wildman–Crippen LogP) is 2.68. The Morgan fingerprint density at radius 1 is 1.14 bits per heavy atom. The van der Waals surface area contributed by atoms with Crippen LogP contribution in [-0.4, -0.2) is 39.0 Å². The maximum Gasteiger partial charge on any atom is 0.335 e. The van der Waals surface area contributed by atoms with Crippen LogP contribution in [0.1, 0.15) is 29.8 Å². The fourth-order valence-corrected chi connectivity index (χ4v) is 3.61. The number of carbonyl (C=O) groups is 2. The fraction of sp³-hybridized carbons (Fsp3) is 0.286. The number of hydrogen-bond donors (Lipinski definition) is 5. The van der Waals surface area contributed by atoms with Crippen LogP contribution in [0.4, 0.5) is 5.69 Å². The van der Waals surface area contributed by atoms with E-state index in [1.807, 2.05) is 32.0 Å². The van der Waals surface area contributed by atoms with Crippen molar-refractivity contribution < 1.29 is 14.7 Å². The highest BCUT2D eigenvalue weighted by atomic mass is 16.4. The molecule has 4 rings (SSSR count). The van der Waals surface area contributed by atoms with Crippen LogP contribution in [0, 0.1) is 12.8 Å². The van der Waals surface area contributed by atoms with Crippen LogP contribution >= 0.6 is 0 Å². The third kappa shape index (κ3) is 3.59. The molecule has 29 heavy (non-hydrogen) atoms. The molecule has 1 aliphatic heterocycles. The van der Waals surface area contributed by atoms with Crippen LogP contribution in [0.3, 0.4) is 0 Å². The monoisotopic (exact) mass is 393 g/mol. The summed E-state index contributed by atoms with van der Waals surface area (Å²) in [5.41, 5.74) is 10.1. The zero-order valence-corrected chi connectivity index (χ0v) is 16.4. The molecule has 3 unspecified atom stereocenters. The van der Waals surface area contributed by atoms with Crippen LogP contribution in [0.5, 0.6) is 0 Å². The van der Waals surface area contributed by atoms with Gasteiger partial charge < -0.3 is 15.4 Å². The number of amides is 1. The average molecular weight is 393 g/mol. The minimum absolute atomic E-state index is 0.105. The van der Waals surface area contributed by atoms with Crippen LogP contribution in [0.15, 0.2) is 36.5 Å². The standard InChI is InChI=1S/C21H23N5O3/c1-10-6-13(4-5-16(10)21(28)29)17-8-14-7-15(9-22-19(14)24-17)23-20(27)18-11(2)12(3)25-26-18/h4-9,11-12,18,25-26H,1-3H3,(H,22,24)(H,23,27)(H,28,29). The third-order valence-corrected chi connectivity index (χ3v) is 5.57. The first kappa shape index (κ1) is 19.1. The summed E-state index contributed by atoms with van der Waals surface area (Å²) in [6, 6.07) is 8.92.